The van der Waals surface area contributed by atoms with Crippen molar-refractivity contribution in [3.63, 3.8) is 0 Å². The molecule has 1 heterocycles. The zero-order chi connectivity index (χ0) is 8.43. The van der Waals surface area contributed by atoms with Crippen molar-refractivity contribution < 1.29 is 8.78 Å². The number of halogens is 4. The lowest BCUT2D eigenvalue weighted by Gasteiger charge is -2.05. The smallest absolute Gasteiger partial charge is 0.258 e. The van der Waals surface area contributed by atoms with Crippen LogP contribution < -0.4 is 5.73 Å². The van der Waals surface area contributed by atoms with E-state index in [1.54, 1.807) is 11.4 Å². The van der Waals surface area contributed by atoms with E-state index in [0.29, 0.717) is 4.88 Å². The standard InChI is InChI=1S/C6H6BrF2NS.ClH/c7-3-1-4(11-2-3)5(10)6(8)9;/h1-2,5-6H,10H2;1H/t5-;/m1./s1. The zero-order valence-electron chi connectivity index (χ0n) is 5.84. The molecule has 0 aliphatic rings. The number of alkyl halides is 2. The van der Waals surface area contributed by atoms with Gasteiger partial charge in [-0.25, -0.2) is 8.78 Å². The van der Waals surface area contributed by atoms with Crippen LogP contribution in [0.3, 0.4) is 0 Å². The van der Waals surface area contributed by atoms with E-state index in [1.807, 2.05) is 0 Å². The van der Waals surface area contributed by atoms with Crippen molar-refractivity contribution in [3.05, 3.63) is 20.8 Å². The van der Waals surface area contributed by atoms with E-state index in [4.69, 9.17) is 5.73 Å². The molecule has 0 radical (unpaired) electrons. The second-order valence-corrected chi connectivity index (χ2v) is 3.89. The monoisotopic (exact) mass is 277 g/mol. The normalized spacial score (nSPS) is 12.8. The summed E-state index contributed by atoms with van der Waals surface area (Å²) in [6.07, 6.45) is -2.49. The molecule has 1 aromatic heterocycles. The fourth-order valence-corrected chi connectivity index (χ4v) is 2.08. The van der Waals surface area contributed by atoms with Crippen LogP contribution in [-0.4, -0.2) is 6.43 Å². The molecule has 1 nitrogen and oxygen atoms in total. The molecular weight excluding hydrogens is 271 g/mol. The SMILES string of the molecule is Cl.N[C@H](c1cc(Br)cs1)C(F)F. The van der Waals surface area contributed by atoms with E-state index in [0.717, 1.165) is 4.47 Å². The van der Waals surface area contributed by atoms with Crippen molar-refractivity contribution in [1.29, 1.82) is 0 Å². The van der Waals surface area contributed by atoms with Gasteiger partial charge in [0.25, 0.3) is 6.43 Å². The summed E-state index contributed by atoms with van der Waals surface area (Å²) in [5.41, 5.74) is 5.19. The van der Waals surface area contributed by atoms with Crippen molar-refractivity contribution >= 4 is 39.7 Å². The Hall–Kier alpha value is 0.290. The number of hydrogen-bond acceptors (Lipinski definition) is 2. The van der Waals surface area contributed by atoms with Gasteiger partial charge in [-0.1, -0.05) is 0 Å². The lowest BCUT2D eigenvalue weighted by atomic mass is 10.3. The number of nitrogens with two attached hydrogens (primary N) is 1. The fraction of sp³-hybridized carbons (Fsp3) is 0.333. The van der Waals surface area contributed by atoms with Gasteiger partial charge in [0.2, 0.25) is 0 Å². The van der Waals surface area contributed by atoms with Crippen LogP contribution in [0.2, 0.25) is 0 Å². The van der Waals surface area contributed by atoms with Gasteiger partial charge in [-0.3, -0.25) is 0 Å². The highest BCUT2D eigenvalue weighted by Gasteiger charge is 2.18. The van der Waals surface area contributed by atoms with Crippen LogP contribution in [0, 0.1) is 0 Å². The molecule has 0 fully saturated rings. The molecule has 0 spiro atoms. The summed E-state index contributed by atoms with van der Waals surface area (Å²) in [4.78, 5) is 0.506. The van der Waals surface area contributed by atoms with E-state index < -0.39 is 12.5 Å². The molecule has 0 aliphatic heterocycles. The van der Waals surface area contributed by atoms with Gasteiger partial charge < -0.3 is 5.73 Å². The van der Waals surface area contributed by atoms with Gasteiger partial charge in [-0.15, -0.1) is 23.7 Å². The van der Waals surface area contributed by atoms with E-state index in [2.05, 4.69) is 15.9 Å². The molecule has 70 valence electrons. The third-order valence-electron chi connectivity index (χ3n) is 1.19. The Kier molecular flexibility index (Phi) is 5.24. The second-order valence-electron chi connectivity index (χ2n) is 2.03. The van der Waals surface area contributed by atoms with E-state index >= 15 is 0 Å². The van der Waals surface area contributed by atoms with Crippen LogP contribution in [0.5, 0.6) is 0 Å². The quantitative estimate of drug-likeness (QED) is 0.883. The minimum atomic E-state index is -2.49. The van der Waals surface area contributed by atoms with Crippen LogP contribution in [0.15, 0.2) is 15.9 Å². The zero-order valence-corrected chi connectivity index (χ0v) is 9.06. The topological polar surface area (TPSA) is 26.0 Å². The largest absolute Gasteiger partial charge is 0.319 e. The minimum Gasteiger partial charge on any atom is -0.319 e. The molecule has 0 unspecified atom stereocenters. The Bertz CT molecular complexity index is 243. The van der Waals surface area contributed by atoms with Crippen molar-refractivity contribution in [1.82, 2.24) is 0 Å². The first kappa shape index (κ1) is 12.3. The van der Waals surface area contributed by atoms with Crippen LogP contribution in [-0.2, 0) is 0 Å². The lowest BCUT2D eigenvalue weighted by molar-refractivity contribution is 0.118. The molecule has 1 rings (SSSR count). The number of thiophene rings is 1. The predicted molar refractivity (Wildman–Crippen MR) is 52.2 cm³/mol. The first-order valence-electron chi connectivity index (χ1n) is 2.89. The Labute approximate surface area is 87.5 Å². The maximum atomic E-state index is 12.0. The van der Waals surface area contributed by atoms with Crippen molar-refractivity contribution in [2.75, 3.05) is 0 Å². The first-order valence-corrected chi connectivity index (χ1v) is 4.56. The highest BCUT2D eigenvalue weighted by Crippen LogP contribution is 2.27. The van der Waals surface area contributed by atoms with E-state index in [9.17, 15) is 8.78 Å². The van der Waals surface area contributed by atoms with Gasteiger partial charge >= 0.3 is 0 Å². The molecule has 0 saturated carbocycles. The summed E-state index contributed by atoms with van der Waals surface area (Å²) < 4.78 is 24.8. The highest BCUT2D eigenvalue weighted by molar-refractivity contribution is 9.10. The predicted octanol–water partition coefficient (Wildman–Crippen LogP) is 3.20. The van der Waals surface area contributed by atoms with Gasteiger partial charge in [0.1, 0.15) is 6.04 Å². The van der Waals surface area contributed by atoms with Crippen LogP contribution in [0.25, 0.3) is 0 Å². The second kappa shape index (κ2) is 5.11. The maximum absolute atomic E-state index is 12.0. The van der Waals surface area contributed by atoms with Gasteiger partial charge in [0.15, 0.2) is 0 Å². The third-order valence-corrected chi connectivity index (χ3v) is 2.98. The molecule has 0 amide bonds. The summed E-state index contributed by atoms with van der Waals surface area (Å²) in [7, 11) is 0. The maximum Gasteiger partial charge on any atom is 0.258 e. The summed E-state index contributed by atoms with van der Waals surface area (Å²) in [6.45, 7) is 0. The van der Waals surface area contributed by atoms with Crippen LogP contribution in [0.4, 0.5) is 8.78 Å². The summed E-state index contributed by atoms with van der Waals surface area (Å²) in [5.74, 6) is 0. The van der Waals surface area contributed by atoms with Gasteiger partial charge in [0.05, 0.1) is 0 Å². The molecule has 0 aromatic carbocycles. The summed E-state index contributed by atoms with van der Waals surface area (Å²) in [5, 5.41) is 1.73. The molecule has 1 atom stereocenters. The van der Waals surface area contributed by atoms with Crippen molar-refractivity contribution in [3.8, 4) is 0 Å². The first-order chi connectivity index (χ1) is 5.11. The van der Waals surface area contributed by atoms with Gasteiger partial charge in [-0.05, 0) is 22.0 Å². The van der Waals surface area contributed by atoms with Crippen LogP contribution in [0.1, 0.15) is 10.9 Å². The van der Waals surface area contributed by atoms with Gasteiger partial charge in [0, 0.05) is 14.7 Å². The molecule has 0 bridgehead atoms. The van der Waals surface area contributed by atoms with E-state index in [1.165, 1.54) is 11.3 Å². The molecule has 0 aliphatic carbocycles. The molecule has 0 saturated heterocycles. The van der Waals surface area contributed by atoms with Crippen LogP contribution >= 0.6 is 39.7 Å². The Balaban J connectivity index is 0.00000121. The average molecular weight is 279 g/mol. The van der Waals surface area contributed by atoms with Crippen molar-refractivity contribution in [2.45, 2.75) is 12.5 Å². The number of rotatable bonds is 2. The van der Waals surface area contributed by atoms with Gasteiger partial charge in [-0.2, -0.15) is 0 Å². The molecule has 1 aromatic rings. The fourth-order valence-electron chi connectivity index (χ4n) is 0.627. The average Bonchev–Trinajstić information content (AvgIpc) is 2.34. The van der Waals surface area contributed by atoms with Crippen molar-refractivity contribution in [2.24, 2.45) is 5.73 Å². The summed E-state index contributed by atoms with van der Waals surface area (Å²) >= 11 is 4.39. The Morgan fingerprint density at radius 2 is 2.08 bits per heavy atom. The summed E-state index contributed by atoms with van der Waals surface area (Å²) in [6, 6.07) is 0.466. The molecule has 6 heteroatoms. The molecule has 2 N–H and O–H groups in total. The van der Waals surface area contributed by atoms with E-state index in [-0.39, 0.29) is 12.4 Å². The molecular formula is C6H7BrClF2NS. The highest BCUT2D eigenvalue weighted by atomic mass is 79.9. The lowest BCUT2D eigenvalue weighted by Crippen LogP contribution is -2.17. The molecule has 12 heavy (non-hydrogen) atoms. The number of hydrogen-bond donors (Lipinski definition) is 1. The Morgan fingerprint density at radius 1 is 1.50 bits per heavy atom. The third kappa shape index (κ3) is 2.97. The minimum absolute atomic E-state index is 0. The Morgan fingerprint density at radius 3 is 2.42 bits per heavy atom.